The zero-order valence-corrected chi connectivity index (χ0v) is 13.0. The summed E-state index contributed by atoms with van der Waals surface area (Å²) >= 11 is 15.6. The summed E-state index contributed by atoms with van der Waals surface area (Å²) in [6, 6.07) is 9.58. The van der Waals surface area contributed by atoms with Gasteiger partial charge < -0.3 is 0 Å². The number of nitrogens with zero attached hydrogens (tertiary/aromatic N) is 2. The Morgan fingerprint density at radius 3 is 2.60 bits per heavy atom. The number of rotatable bonds is 1. The molecule has 0 atom stereocenters. The van der Waals surface area contributed by atoms with Crippen molar-refractivity contribution in [3.8, 4) is 11.4 Å². The highest BCUT2D eigenvalue weighted by molar-refractivity contribution is 9.10. The fourth-order valence-corrected chi connectivity index (χ4v) is 2.65. The molecule has 0 aliphatic carbocycles. The van der Waals surface area contributed by atoms with E-state index < -0.39 is 0 Å². The third kappa shape index (κ3) is 2.51. The fourth-order valence-electron chi connectivity index (χ4n) is 1.85. The van der Waals surface area contributed by atoms with Crippen molar-refractivity contribution >= 4 is 50.0 Å². The zero-order valence-electron chi connectivity index (χ0n) is 9.87. The monoisotopic (exact) mass is 370 g/mol. The SMILES string of the molecule is Fc1ccc2nc(-c3cc(Br)ccc3Cl)nc(Cl)c2c1. The molecule has 0 fully saturated rings. The van der Waals surface area contributed by atoms with Crippen LogP contribution in [0.15, 0.2) is 40.9 Å². The Balaban J connectivity index is 2.27. The van der Waals surface area contributed by atoms with Gasteiger partial charge in [-0.3, -0.25) is 0 Å². The van der Waals surface area contributed by atoms with Crippen LogP contribution in [0.25, 0.3) is 22.3 Å². The smallest absolute Gasteiger partial charge is 0.163 e. The Bertz CT molecular complexity index is 824. The van der Waals surface area contributed by atoms with Gasteiger partial charge in [0.15, 0.2) is 5.82 Å². The van der Waals surface area contributed by atoms with E-state index in [1.807, 2.05) is 12.1 Å². The predicted molar refractivity (Wildman–Crippen MR) is 82.7 cm³/mol. The highest BCUT2D eigenvalue weighted by Crippen LogP contribution is 2.31. The molecule has 2 aromatic carbocycles. The first-order chi connectivity index (χ1) is 9.54. The van der Waals surface area contributed by atoms with E-state index in [1.54, 1.807) is 12.1 Å². The summed E-state index contributed by atoms with van der Waals surface area (Å²) in [4.78, 5) is 8.58. The lowest BCUT2D eigenvalue weighted by molar-refractivity contribution is 0.629. The van der Waals surface area contributed by atoms with Crippen LogP contribution >= 0.6 is 39.1 Å². The van der Waals surface area contributed by atoms with Gasteiger partial charge in [-0.15, -0.1) is 0 Å². The molecule has 6 heteroatoms. The third-order valence-corrected chi connectivity index (χ3v) is 3.89. The van der Waals surface area contributed by atoms with Crippen molar-refractivity contribution < 1.29 is 4.39 Å². The molecule has 0 N–H and O–H groups in total. The number of halogens is 4. The lowest BCUT2D eigenvalue weighted by Crippen LogP contribution is -1.93. The maximum atomic E-state index is 13.2. The second-order valence-corrected chi connectivity index (χ2v) is 5.80. The Kier molecular flexibility index (Phi) is 3.63. The van der Waals surface area contributed by atoms with Gasteiger partial charge in [0.05, 0.1) is 10.5 Å². The van der Waals surface area contributed by atoms with Crippen molar-refractivity contribution in [1.82, 2.24) is 9.97 Å². The molecule has 0 bridgehead atoms. The largest absolute Gasteiger partial charge is 0.228 e. The molecule has 3 rings (SSSR count). The minimum atomic E-state index is -0.378. The topological polar surface area (TPSA) is 25.8 Å². The van der Waals surface area contributed by atoms with Gasteiger partial charge >= 0.3 is 0 Å². The van der Waals surface area contributed by atoms with Crippen LogP contribution in [0.4, 0.5) is 4.39 Å². The molecule has 0 aliphatic rings. The van der Waals surface area contributed by atoms with E-state index in [1.165, 1.54) is 12.1 Å². The van der Waals surface area contributed by atoms with Gasteiger partial charge in [0, 0.05) is 15.4 Å². The summed E-state index contributed by atoms with van der Waals surface area (Å²) < 4.78 is 14.1. The van der Waals surface area contributed by atoms with Crippen LogP contribution in [0.1, 0.15) is 0 Å². The number of fused-ring (bicyclic) bond motifs is 1. The summed E-state index contributed by atoms with van der Waals surface area (Å²) in [5.41, 5.74) is 1.23. The Morgan fingerprint density at radius 1 is 1.00 bits per heavy atom. The van der Waals surface area contributed by atoms with Crippen LogP contribution in [0.2, 0.25) is 10.2 Å². The van der Waals surface area contributed by atoms with Crippen LogP contribution in [0.3, 0.4) is 0 Å². The van der Waals surface area contributed by atoms with Gasteiger partial charge in [-0.05, 0) is 36.4 Å². The molecule has 1 heterocycles. The predicted octanol–water partition coefficient (Wildman–Crippen LogP) is 5.51. The highest BCUT2D eigenvalue weighted by Gasteiger charge is 2.12. The van der Waals surface area contributed by atoms with Gasteiger partial charge in [0.2, 0.25) is 0 Å². The lowest BCUT2D eigenvalue weighted by Gasteiger charge is -2.07. The van der Waals surface area contributed by atoms with E-state index in [2.05, 4.69) is 25.9 Å². The van der Waals surface area contributed by atoms with Crippen LogP contribution in [0.5, 0.6) is 0 Å². The summed E-state index contributed by atoms with van der Waals surface area (Å²) in [5.74, 6) is 0.0247. The average molecular weight is 372 g/mol. The first kappa shape index (κ1) is 13.7. The molecule has 100 valence electrons. The molecule has 0 saturated heterocycles. The Labute approximate surface area is 132 Å². The van der Waals surface area contributed by atoms with Gasteiger partial charge in [-0.25, -0.2) is 14.4 Å². The second-order valence-electron chi connectivity index (χ2n) is 4.12. The van der Waals surface area contributed by atoms with Crippen LogP contribution in [-0.4, -0.2) is 9.97 Å². The fraction of sp³-hybridized carbons (Fsp3) is 0. The molecule has 2 nitrogen and oxygen atoms in total. The zero-order chi connectivity index (χ0) is 14.3. The van der Waals surface area contributed by atoms with Crippen LogP contribution < -0.4 is 0 Å². The summed E-state index contributed by atoms with van der Waals surface area (Å²) in [5, 5.41) is 1.19. The number of hydrogen-bond acceptors (Lipinski definition) is 2. The molecule has 0 unspecified atom stereocenters. The van der Waals surface area contributed by atoms with E-state index in [0.717, 1.165) is 4.47 Å². The number of hydrogen-bond donors (Lipinski definition) is 0. The van der Waals surface area contributed by atoms with Crippen molar-refractivity contribution in [3.05, 3.63) is 56.9 Å². The molecular formula is C14H6BrCl2FN2. The average Bonchev–Trinajstić information content (AvgIpc) is 2.42. The van der Waals surface area contributed by atoms with Gasteiger partial charge in [0.25, 0.3) is 0 Å². The van der Waals surface area contributed by atoms with Crippen molar-refractivity contribution in [2.75, 3.05) is 0 Å². The quantitative estimate of drug-likeness (QED) is 0.527. The van der Waals surface area contributed by atoms with Gasteiger partial charge in [0.1, 0.15) is 11.0 Å². The Morgan fingerprint density at radius 2 is 1.80 bits per heavy atom. The highest BCUT2D eigenvalue weighted by atomic mass is 79.9. The Hall–Kier alpha value is -1.23. The molecule has 20 heavy (non-hydrogen) atoms. The summed E-state index contributed by atoms with van der Waals surface area (Å²) in [6.07, 6.45) is 0. The molecule has 1 aromatic heterocycles. The van der Waals surface area contributed by atoms with E-state index in [-0.39, 0.29) is 11.0 Å². The lowest BCUT2D eigenvalue weighted by atomic mass is 10.2. The van der Waals surface area contributed by atoms with Gasteiger partial charge in [-0.2, -0.15) is 0 Å². The second kappa shape index (κ2) is 5.28. The standard InChI is InChI=1S/C14H6BrCl2FN2/c15-7-1-3-11(16)9(5-7)14-19-12-4-2-8(18)6-10(12)13(17)20-14/h1-6H. The maximum absolute atomic E-state index is 13.2. The van der Waals surface area contributed by atoms with Crippen molar-refractivity contribution in [2.45, 2.75) is 0 Å². The molecule has 3 aromatic rings. The molecule has 0 radical (unpaired) electrons. The van der Waals surface area contributed by atoms with Crippen molar-refractivity contribution in [2.24, 2.45) is 0 Å². The van der Waals surface area contributed by atoms with Crippen LogP contribution in [-0.2, 0) is 0 Å². The minimum Gasteiger partial charge on any atom is -0.228 e. The molecule has 0 spiro atoms. The summed E-state index contributed by atoms with van der Waals surface area (Å²) in [6.45, 7) is 0. The van der Waals surface area contributed by atoms with Crippen molar-refractivity contribution in [1.29, 1.82) is 0 Å². The molecule has 0 aliphatic heterocycles. The van der Waals surface area contributed by atoms with E-state index in [9.17, 15) is 4.39 Å². The minimum absolute atomic E-state index is 0.195. The summed E-state index contributed by atoms with van der Waals surface area (Å²) in [7, 11) is 0. The third-order valence-electron chi connectivity index (χ3n) is 2.78. The van der Waals surface area contributed by atoms with Crippen molar-refractivity contribution in [3.63, 3.8) is 0 Å². The first-order valence-electron chi connectivity index (χ1n) is 5.63. The first-order valence-corrected chi connectivity index (χ1v) is 7.18. The molecular weight excluding hydrogens is 366 g/mol. The molecule has 0 amide bonds. The normalized spacial score (nSPS) is 11.0. The van der Waals surface area contributed by atoms with E-state index >= 15 is 0 Å². The maximum Gasteiger partial charge on any atom is 0.163 e. The molecule has 0 saturated carbocycles. The number of aromatic nitrogens is 2. The van der Waals surface area contributed by atoms with E-state index in [4.69, 9.17) is 23.2 Å². The van der Waals surface area contributed by atoms with Gasteiger partial charge in [-0.1, -0.05) is 39.1 Å². The van der Waals surface area contributed by atoms with E-state index in [0.29, 0.717) is 27.3 Å². The van der Waals surface area contributed by atoms with Crippen LogP contribution in [0, 0.1) is 5.82 Å². The number of benzene rings is 2.